The number of nitrogens with zero attached hydrogens (tertiary/aromatic N) is 2. The van der Waals surface area contributed by atoms with Crippen molar-refractivity contribution in [1.82, 2.24) is 10.3 Å². The Bertz CT molecular complexity index is 769. The van der Waals surface area contributed by atoms with Crippen LogP contribution in [0, 0.1) is 11.8 Å². The van der Waals surface area contributed by atoms with E-state index in [0.717, 1.165) is 55.4 Å². The highest BCUT2D eigenvalue weighted by Crippen LogP contribution is 2.51. The van der Waals surface area contributed by atoms with Gasteiger partial charge in [-0.3, -0.25) is 0 Å². The van der Waals surface area contributed by atoms with Crippen LogP contribution in [0.15, 0.2) is 36.5 Å². The topological polar surface area (TPSA) is 28.2 Å². The Kier molecular flexibility index (Phi) is 6.54. The van der Waals surface area contributed by atoms with Crippen LogP contribution < -0.4 is 10.2 Å². The van der Waals surface area contributed by atoms with Gasteiger partial charge < -0.3 is 10.2 Å². The first-order valence-electron chi connectivity index (χ1n) is 11.0. The van der Waals surface area contributed by atoms with E-state index in [9.17, 15) is 0 Å². The number of benzene rings is 1. The van der Waals surface area contributed by atoms with Gasteiger partial charge in [-0.25, -0.2) is 4.98 Å². The van der Waals surface area contributed by atoms with Crippen molar-refractivity contribution in [2.45, 2.75) is 51.9 Å². The second-order valence-electron chi connectivity index (χ2n) is 8.31. The van der Waals surface area contributed by atoms with E-state index in [0.29, 0.717) is 0 Å². The molecule has 1 N–H and O–H groups in total. The number of hydrogen-bond donors (Lipinski definition) is 1. The summed E-state index contributed by atoms with van der Waals surface area (Å²) in [5, 5.41) is 4.29. The highest BCUT2D eigenvalue weighted by Gasteiger charge is 2.40. The Morgan fingerprint density at radius 2 is 1.93 bits per heavy atom. The molecule has 0 amide bonds. The highest BCUT2D eigenvalue weighted by atomic mass is 35.5. The molecule has 1 aliphatic heterocycles. The summed E-state index contributed by atoms with van der Waals surface area (Å²) < 4.78 is 0. The fourth-order valence-corrected chi connectivity index (χ4v) is 5.03. The summed E-state index contributed by atoms with van der Waals surface area (Å²) >= 11 is 6.61. The average Bonchev–Trinajstić information content (AvgIpc) is 3.41. The lowest BCUT2D eigenvalue weighted by Crippen LogP contribution is -2.22. The molecule has 1 aromatic heterocycles. The first kappa shape index (κ1) is 19.7. The minimum atomic E-state index is 0.819. The smallest absolute Gasteiger partial charge is 0.132 e. The lowest BCUT2D eigenvalue weighted by molar-refractivity contribution is 0.710. The molecular weight excluding hydrogens is 366 g/mol. The molecule has 3 nitrogen and oxygen atoms in total. The maximum atomic E-state index is 6.61. The van der Waals surface area contributed by atoms with Crippen molar-refractivity contribution in [1.29, 1.82) is 0 Å². The van der Waals surface area contributed by atoms with Gasteiger partial charge in [0, 0.05) is 12.7 Å². The van der Waals surface area contributed by atoms with Crippen molar-refractivity contribution in [3.8, 4) is 0 Å². The van der Waals surface area contributed by atoms with Crippen LogP contribution >= 0.6 is 11.6 Å². The molecule has 4 heteroatoms. The number of hydrogen-bond acceptors (Lipinski definition) is 3. The number of anilines is 2. The van der Waals surface area contributed by atoms with E-state index in [1.54, 1.807) is 19.3 Å². The molecule has 2 saturated carbocycles. The zero-order valence-electron chi connectivity index (χ0n) is 17.0. The van der Waals surface area contributed by atoms with Gasteiger partial charge in [-0.05, 0) is 79.9 Å². The lowest BCUT2D eigenvalue weighted by Gasteiger charge is -2.28. The van der Waals surface area contributed by atoms with E-state index >= 15 is 0 Å². The van der Waals surface area contributed by atoms with Gasteiger partial charge in [0.15, 0.2) is 0 Å². The summed E-state index contributed by atoms with van der Waals surface area (Å²) in [6.45, 7) is 5.14. The highest BCUT2D eigenvalue weighted by molar-refractivity contribution is 6.33. The third-order valence-corrected chi connectivity index (χ3v) is 6.62. The van der Waals surface area contributed by atoms with Crippen LogP contribution in [-0.2, 0) is 12.8 Å². The zero-order chi connectivity index (χ0) is 19.3. The molecule has 2 atom stereocenters. The van der Waals surface area contributed by atoms with Crippen LogP contribution in [0.2, 0.25) is 5.02 Å². The summed E-state index contributed by atoms with van der Waals surface area (Å²) in [4.78, 5) is 6.81. The van der Waals surface area contributed by atoms with Gasteiger partial charge in [-0.15, -0.1) is 0 Å². The van der Waals surface area contributed by atoms with Crippen LogP contribution in [0.25, 0.3) is 0 Å². The SMILES string of the molecule is C1CC2CC2C1.CCCN(c1ccccn1)c1c(Cl)ccc2c1CCNCC2. The van der Waals surface area contributed by atoms with Gasteiger partial charge in [0.05, 0.1) is 10.7 Å². The van der Waals surface area contributed by atoms with Crippen LogP contribution in [0.4, 0.5) is 11.5 Å². The van der Waals surface area contributed by atoms with Crippen molar-refractivity contribution < 1.29 is 0 Å². The lowest BCUT2D eigenvalue weighted by atomic mass is 10.00. The van der Waals surface area contributed by atoms with Gasteiger partial charge in [-0.1, -0.05) is 49.9 Å². The number of fused-ring (bicyclic) bond motifs is 2. The second kappa shape index (κ2) is 9.28. The quantitative estimate of drug-likeness (QED) is 0.708. The summed E-state index contributed by atoms with van der Waals surface area (Å²) in [7, 11) is 0. The zero-order valence-corrected chi connectivity index (χ0v) is 17.7. The van der Waals surface area contributed by atoms with E-state index in [1.165, 1.54) is 29.4 Å². The number of halogens is 1. The first-order chi connectivity index (χ1) is 13.8. The number of nitrogens with one attached hydrogen (secondary N) is 1. The third-order valence-electron chi connectivity index (χ3n) is 6.32. The molecule has 2 unspecified atom stereocenters. The molecule has 0 spiro atoms. The second-order valence-corrected chi connectivity index (χ2v) is 8.72. The summed E-state index contributed by atoms with van der Waals surface area (Å²) in [5.74, 6) is 3.40. The van der Waals surface area contributed by atoms with Gasteiger partial charge in [0.25, 0.3) is 0 Å². The molecule has 1 aromatic carbocycles. The molecule has 5 rings (SSSR count). The van der Waals surface area contributed by atoms with Crippen molar-refractivity contribution in [3.05, 3.63) is 52.7 Å². The average molecular weight is 398 g/mol. The van der Waals surface area contributed by atoms with Gasteiger partial charge >= 0.3 is 0 Å². The van der Waals surface area contributed by atoms with Crippen molar-refractivity contribution in [3.63, 3.8) is 0 Å². The van der Waals surface area contributed by atoms with Crippen LogP contribution in [0.5, 0.6) is 0 Å². The number of aromatic nitrogens is 1. The molecule has 2 aliphatic carbocycles. The van der Waals surface area contributed by atoms with Gasteiger partial charge in [-0.2, -0.15) is 0 Å². The molecule has 2 aromatic rings. The van der Waals surface area contributed by atoms with Crippen LogP contribution in [0.3, 0.4) is 0 Å². The Labute approximate surface area is 174 Å². The molecule has 2 heterocycles. The van der Waals surface area contributed by atoms with Crippen molar-refractivity contribution in [2.24, 2.45) is 11.8 Å². The fraction of sp³-hybridized carbons (Fsp3) is 0.542. The predicted molar refractivity (Wildman–Crippen MR) is 119 cm³/mol. The molecule has 0 saturated heterocycles. The minimum Gasteiger partial charge on any atom is -0.325 e. The maximum Gasteiger partial charge on any atom is 0.132 e. The van der Waals surface area contributed by atoms with E-state index in [4.69, 9.17) is 11.6 Å². The largest absolute Gasteiger partial charge is 0.325 e. The summed E-state index contributed by atoms with van der Waals surface area (Å²) in [6, 6.07) is 10.2. The molecule has 3 aliphatic rings. The van der Waals surface area contributed by atoms with E-state index < -0.39 is 0 Å². The number of rotatable bonds is 4. The monoisotopic (exact) mass is 397 g/mol. The van der Waals surface area contributed by atoms with Crippen LogP contribution in [0.1, 0.15) is 50.2 Å². The molecule has 2 fully saturated rings. The summed E-state index contributed by atoms with van der Waals surface area (Å²) in [6.07, 6.45) is 11.2. The van der Waals surface area contributed by atoms with Gasteiger partial charge in [0.2, 0.25) is 0 Å². The predicted octanol–water partition coefficient (Wildman–Crippen LogP) is 5.78. The van der Waals surface area contributed by atoms with Crippen molar-refractivity contribution >= 4 is 23.1 Å². The Hall–Kier alpha value is -1.58. The molecule has 0 radical (unpaired) electrons. The Balaban J connectivity index is 0.000000268. The van der Waals surface area contributed by atoms with E-state index in [1.807, 2.05) is 24.4 Å². The fourth-order valence-electron chi connectivity index (χ4n) is 4.75. The summed E-state index contributed by atoms with van der Waals surface area (Å²) in [5.41, 5.74) is 3.92. The molecule has 0 bridgehead atoms. The third kappa shape index (κ3) is 4.52. The number of pyridine rings is 1. The van der Waals surface area contributed by atoms with Crippen LogP contribution in [-0.4, -0.2) is 24.6 Å². The van der Waals surface area contributed by atoms with Crippen molar-refractivity contribution in [2.75, 3.05) is 24.5 Å². The van der Waals surface area contributed by atoms with E-state index in [2.05, 4.69) is 34.3 Å². The molecule has 28 heavy (non-hydrogen) atoms. The normalized spacial score (nSPS) is 22.4. The molecule has 150 valence electrons. The van der Waals surface area contributed by atoms with E-state index in [-0.39, 0.29) is 0 Å². The van der Waals surface area contributed by atoms with Gasteiger partial charge in [0.1, 0.15) is 5.82 Å². The Morgan fingerprint density at radius 1 is 1.11 bits per heavy atom. The minimum absolute atomic E-state index is 0.819. The first-order valence-corrected chi connectivity index (χ1v) is 11.3. The Morgan fingerprint density at radius 3 is 2.57 bits per heavy atom. The standard InChI is InChI=1S/C18H22ClN3.C6H10/c1-2-13-22(17-5-3-4-10-21-17)18-15-9-12-20-11-8-14(15)6-7-16(18)19;1-2-5-4-6(5)3-1/h3-7,10,20H,2,8-9,11-13H2,1H3;5-6H,1-4H2. The molecular formula is C24H32ClN3. The maximum absolute atomic E-state index is 6.61.